The molecule has 0 spiro atoms. The SMILES string of the molecule is C[C@@]1(C#N)COCc2ccc(C(=O)NCc3cc(OCc4cc(F)c5c(c4)CCO5)ccn3)cc21. The van der Waals surface area contributed by atoms with Gasteiger partial charge in [0.2, 0.25) is 0 Å². The summed E-state index contributed by atoms with van der Waals surface area (Å²) in [5, 5.41) is 12.5. The number of benzene rings is 2. The molecule has 0 saturated heterocycles. The van der Waals surface area contributed by atoms with Crippen molar-refractivity contribution >= 4 is 5.91 Å². The van der Waals surface area contributed by atoms with E-state index in [1.54, 1.807) is 30.5 Å². The average molecular weight is 474 g/mol. The van der Waals surface area contributed by atoms with Crippen LogP contribution in [0.5, 0.6) is 11.5 Å². The van der Waals surface area contributed by atoms with Crippen molar-refractivity contribution in [3.05, 3.63) is 88.0 Å². The molecule has 0 saturated carbocycles. The first-order valence-corrected chi connectivity index (χ1v) is 11.4. The number of carbonyl (C=O) groups excluding carboxylic acids is 1. The minimum absolute atomic E-state index is 0.205. The molecule has 0 unspecified atom stereocenters. The van der Waals surface area contributed by atoms with Crippen LogP contribution in [0.2, 0.25) is 0 Å². The molecule has 1 atom stereocenters. The van der Waals surface area contributed by atoms with E-state index in [2.05, 4.69) is 16.4 Å². The van der Waals surface area contributed by atoms with Gasteiger partial charge in [0.05, 0.1) is 38.1 Å². The van der Waals surface area contributed by atoms with Crippen molar-refractivity contribution in [3.63, 3.8) is 0 Å². The predicted molar refractivity (Wildman–Crippen MR) is 124 cm³/mol. The summed E-state index contributed by atoms with van der Waals surface area (Å²) in [5.41, 5.74) is 3.62. The Labute approximate surface area is 202 Å². The highest BCUT2D eigenvalue weighted by atomic mass is 19.1. The molecule has 1 N–H and O–H groups in total. The van der Waals surface area contributed by atoms with E-state index in [1.165, 1.54) is 6.07 Å². The molecular formula is C27H24FN3O4. The standard InChI is InChI=1S/C27H24FN3O4/c1-27(15-29)16-33-14-20-3-2-19(10-23(20)27)26(32)31-12-21-11-22(4-6-30-21)35-13-17-8-18-5-7-34-25(18)24(28)9-17/h2-4,6,8-11H,5,7,12-14,16H2,1H3,(H,31,32)/t27-/m1/s1. The zero-order valence-electron chi connectivity index (χ0n) is 19.3. The Morgan fingerprint density at radius 1 is 1.26 bits per heavy atom. The molecule has 2 aromatic carbocycles. The van der Waals surface area contributed by atoms with E-state index in [4.69, 9.17) is 14.2 Å². The van der Waals surface area contributed by atoms with Crippen molar-refractivity contribution in [1.29, 1.82) is 5.26 Å². The normalized spacial score (nSPS) is 18.1. The number of halogens is 1. The highest BCUT2D eigenvalue weighted by Gasteiger charge is 2.33. The monoisotopic (exact) mass is 473 g/mol. The zero-order valence-corrected chi connectivity index (χ0v) is 19.3. The molecule has 0 bridgehead atoms. The third kappa shape index (κ3) is 4.68. The number of pyridine rings is 1. The first kappa shape index (κ1) is 22.8. The lowest BCUT2D eigenvalue weighted by Crippen LogP contribution is -2.33. The minimum Gasteiger partial charge on any atom is -0.490 e. The molecule has 35 heavy (non-hydrogen) atoms. The molecule has 2 aliphatic heterocycles. The van der Waals surface area contributed by atoms with Crippen LogP contribution in [-0.2, 0) is 36.3 Å². The molecule has 0 fully saturated rings. The van der Waals surface area contributed by atoms with Gasteiger partial charge in [-0.3, -0.25) is 9.78 Å². The van der Waals surface area contributed by atoms with Crippen molar-refractivity contribution in [3.8, 4) is 17.6 Å². The number of amides is 1. The topological polar surface area (TPSA) is 93.5 Å². The summed E-state index contributed by atoms with van der Waals surface area (Å²) in [4.78, 5) is 17.1. The number of rotatable bonds is 6. The molecule has 5 rings (SSSR count). The fourth-order valence-corrected chi connectivity index (χ4v) is 4.38. The number of carbonyl (C=O) groups is 1. The summed E-state index contributed by atoms with van der Waals surface area (Å²) in [6.07, 6.45) is 2.29. The van der Waals surface area contributed by atoms with Gasteiger partial charge in [-0.15, -0.1) is 0 Å². The third-order valence-corrected chi connectivity index (χ3v) is 6.28. The maximum atomic E-state index is 14.2. The summed E-state index contributed by atoms with van der Waals surface area (Å²) in [6.45, 7) is 3.44. The number of nitriles is 1. The largest absolute Gasteiger partial charge is 0.490 e. The van der Waals surface area contributed by atoms with Crippen LogP contribution in [0.4, 0.5) is 4.39 Å². The van der Waals surface area contributed by atoms with Gasteiger partial charge >= 0.3 is 0 Å². The van der Waals surface area contributed by atoms with Gasteiger partial charge in [-0.25, -0.2) is 4.39 Å². The van der Waals surface area contributed by atoms with Gasteiger partial charge in [-0.2, -0.15) is 5.26 Å². The first-order valence-electron chi connectivity index (χ1n) is 11.4. The van der Waals surface area contributed by atoms with Crippen molar-refractivity contribution in [2.75, 3.05) is 13.2 Å². The predicted octanol–water partition coefficient (Wildman–Crippen LogP) is 3.98. The van der Waals surface area contributed by atoms with Gasteiger partial charge < -0.3 is 19.5 Å². The second-order valence-corrected chi connectivity index (χ2v) is 8.93. The van der Waals surface area contributed by atoms with Crippen LogP contribution in [-0.4, -0.2) is 24.1 Å². The molecule has 3 aromatic rings. The molecule has 8 heteroatoms. The van der Waals surface area contributed by atoms with E-state index in [0.29, 0.717) is 49.0 Å². The van der Waals surface area contributed by atoms with E-state index in [1.807, 2.05) is 19.1 Å². The number of hydrogen-bond acceptors (Lipinski definition) is 6. The molecule has 3 heterocycles. The fraction of sp³-hybridized carbons (Fsp3) is 0.296. The number of hydrogen-bond donors (Lipinski definition) is 1. The number of nitrogens with one attached hydrogen (secondary N) is 1. The van der Waals surface area contributed by atoms with Gasteiger partial charge in [-0.1, -0.05) is 6.07 Å². The smallest absolute Gasteiger partial charge is 0.251 e. The summed E-state index contributed by atoms with van der Waals surface area (Å²) < 4.78 is 30.8. The van der Waals surface area contributed by atoms with Gasteiger partial charge in [0.15, 0.2) is 11.6 Å². The Morgan fingerprint density at radius 2 is 2.14 bits per heavy atom. The molecule has 0 radical (unpaired) electrons. The summed E-state index contributed by atoms with van der Waals surface area (Å²) >= 11 is 0. The highest BCUT2D eigenvalue weighted by molar-refractivity contribution is 5.94. The van der Waals surface area contributed by atoms with Crippen LogP contribution >= 0.6 is 0 Å². The maximum Gasteiger partial charge on any atom is 0.251 e. The quantitative estimate of drug-likeness (QED) is 0.582. The third-order valence-electron chi connectivity index (χ3n) is 6.28. The number of nitrogens with zero attached hydrogens (tertiary/aromatic N) is 2. The Morgan fingerprint density at radius 3 is 3.00 bits per heavy atom. The molecule has 1 aromatic heterocycles. The zero-order chi connectivity index (χ0) is 24.4. The lowest BCUT2D eigenvalue weighted by Gasteiger charge is -2.30. The molecule has 7 nitrogen and oxygen atoms in total. The highest BCUT2D eigenvalue weighted by Crippen LogP contribution is 2.33. The van der Waals surface area contributed by atoms with Crippen molar-refractivity contribution < 1.29 is 23.4 Å². The van der Waals surface area contributed by atoms with E-state index in [0.717, 1.165) is 22.3 Å². The van der Waals surface area contributed by atoms with Crippen molar-refractivity contribution in [1.82, 2.24) is 10.3 Å². The summed E-state index contributed by atoms with van der Waals surface area (Å²) in [6, 6.07) is 14.4. The maximum absolute atomic E-state index is 14.2. The van der Waals surface area contributed by atoms with Crippen molar-refractivity contribution in [2.45, 2.75) is 38.5 Å². The Hall–Kier alpha value is -3.96. The first-order chi connectivity index (χ1) is 16.9. The second kappa shape index (κ2) is 9.35. The van der Waals surface area contributed by atoms with Gasteiger partial charge in [0, 0.05) is 29.8 Å². The molecule has 178 valence electrons. The molecular weight excluding hydrogens is 449 g/mol. The average Bonchev–Trinajstić information content (AvgIpc) is 3.36. The van der Waals surface area contributed by atoms with Crippen LogP contribution in [0.3, 0.4) is 0 Å². The van der Waals surface area contributed by atoms with Crippen LogP contribution < -0.4 is 14.8 Å². The number of fused-ring (bicyclic) bond motifs is 2. The Balaban J connectivity index is 1.22. The minimum atomic E-state index is -0.786. The number of ether oxygens (including phenoxy) is 3. The lowest BCUT2D eigenvalue weighted by atomic mass is 9.79. The van der Waals surface area contributed by atoms with Gasteiger partial charge in [0.25, 0.3) is 5.91 Å². The van der Waals surface area contributed by atoms with Crippen LogP contribution in [0.25, 0.3) is 0 Å². The van der Waals surface area contributed by atoms with E-state index in [-0.39, 0.29) is 24.9 Å². The van der Waals surface area contributed by atoms with Crippen LogP contribution in [0.15, 0.2) is 48.7 Å². The molecule has 0 aliphatic carbocycles. The second-order valence-electron chi connectivity index (χ2n) is 8.93. The fourth-order valence-electron chi connectivity index (χ4n) is 4.38. The van der Waals surface area contributed by atoms with Gasteiger partial charge in [0.1, 0.15) is 17.8 Å². The summed E-state index contributed by atoms with van der Waals surface area (Å²) in [5.74, 6) is 0.269. The summed E-state index contributed by atoms with van der Waals surface area (Å²) in [7, 11) is 0. The Bertz CT molecular complexity index is 1340. The number of aromatic nitrogens is 1. The molecule has 1 amide bonds. The van der Waals surface area contributed by atoms with E-state index in [9.17, 15) is 14.4 Å². The van der Waals surface area contributed by atoms with Crippen molar-refractivity contribution in [2.24, 2.45) is 0 Å². The Kier molecular flexibility index (Phi) is 6.10. The lowest BCUT2D eigenvalue weighted by molar-refractivity contribution is 0.0757. The van der Waals surface area contributed by atoms with Crippen LogP contribution in [0.1, 0.15) is 45.2 Å². The van der Waals surface area contributed by atoms with E-state index < -0.39 is 5.41 Å². The molecule has 2 aliphatic rings. The van der Waals surface area contributed by atoms with E-state index >= 15 is 0 Å². The van der Waals surface area contributed by atoms with Crippen LogP contribution in [0, 0.1) is 17.1 Å². The van der Waals surface area contributed by atoms with Gasteiger partial charge in [-0.05, 0) is 53.9 Å².